The van der Waals surface area contributed by atoms with Crippen molar-refractivity contribution in [1.29, 1.82) is 0 Å². The van der Waals surface area contributed by atoms with Gasteiger partial charge in [0.05, 0.1) is 13.0 Å². The quantitative estimate of drug-likeness (QED) is 0.637. The number of rotatable bonds is 6. The van der Waals surface area contributed by atoms with E-state index in [9.17, 15) is 13.6 Å². The molecule has 1 unspecified atom stereocenters. The van der Waals surface area contributed by atoms with Crippen molar-refractivity contribution >= 4 is 17.6 Å². The Balaban J connectivity index is 2.82. The molecule has 0 aliphatic carbocycles. The minimum atomic E-state index is -1.01. The van der Waals surface area contributed by atoms with Crippen molar-refractivity contribution in [3.8, 4) is 0 Å². The van der Waals surface area contributed by atoms with E-state index >= 15 is 0 Å². The summed E-state index contributed by atoms with van der Waals surface area (Å²) in [4.78, 5) is 11.5. The lowest BCUT2D eigenvalue weighted by Crippen LogP contribution is -2.25. The molecule has 21 heavy (non-hydrogen) atoms. The fourth-order valence-electron chi connectivity index (χ4n) is 2.20. The van der Waals surface area contributed by atoms with Gasteiger partial charge >= 0.3 is 5.97 Å². The summed E-state index contributed by atoms with van der Waals surface area (Å²) in [5.41, 5.74) is 5.91. The van der Waals surface area contributed by atoms with Crippen LogP contribution in [0.2, 0.25) is 5.02 Å². The first-order valence-electron chi connectivity index (χ1n) is 6.72. The third-order valence-electron chi connectivity index (χ3n) is 3.14. The highest BCUT2D eigenvalue weighted by atomic mass is 35.5. The van der Waals surface area contributed by atoms with Gasteiger partial charge in [0.2, 0.25) is 0 Å². The van der Waals surface area contributed by atoms with Crippen molar-refractivity contribution in [2.24, 2.45) is 11.1 Å². The highest BCUT2D eigenvalue weighted by Crippen LogP contribution is 2.35. The largest absolute Gasteiger partial charge is 0.466 e. The lowest BCUT2D eigenvalue weighted by Gasteiger charge is -2.27. The molecule has 0 radical (unpaired) electrons. The molecule has 0 saturated carbocycles. The van der Waals surface area contributed by atoms with Gasteiger partial charge in [0.15, 0.2) is 11.6 Å². The third kappa shape index (κ3) is 5.25. The summed E-state index contributed by atoms with van der Waals surface area (Å²) >= 11 is 5.90. The van der Waals surface area contributed by atoms with Crippen molar-refractivity contribution in [2.75, 3.05) is 6.61 Å². The van der Waals surface area contributed by atoms with Crippen LogP contribution in [0, 0.1) is 17.0 Å². The number of hydrogen-bond donors (Lipinski definition) is 1. The van der Waals surface area contributed by atoms with E-state index in [4.69, 9.17) is 22.1 Å². The molecule has 2 N–H and O–H groups in total. The van der Waals surface area contributed by atoms with Crippen LogP contribution in [0.25, 0.3) is 0 Å². The highest BCUT2D eigenvalue weighted by molar-refractivity contribution is 6.31. The maximum absolute atomic E-state index is 13.3. The van der Waals surface area contributed by atoms with Crippen molar-refractivity contribution in [3.63, 3.8) is 0 Å². The van der Waals surface area contributed by atoms with E-state index in [1.807, 2.05) is 13.8 Å². The van der Waals surface area contributed by atoms with Crippen LogP contribution in [0.3, 0.4) is 0 Å². The van der Waals surface area contributed by atoms with E-state index in [2.05, 4.69) is 0 Å². The van der Waals surface area contributed by atoms with Crippen molar-refractivity contribution < 1.29 is 18.3 Å². The second-order valence-electron chi connectivity index (χ2n) is 5.74. The molecule has 1 atom stereocenters. The smallest absolute Gasteiger partial charge is 0.306 e. The van der Waals surface area contributed by atoms with E-state index in [-0.39, 0.29) is 17.4 Å². The second kappa shape index (κ2) is 7.18. The normalized spacial score (nSPS) is 13.1. The molecule has 118 valence electrons. The Morgan fingerprint density at radius 1 is 1.38 bits per heavy atom. The molecule has 3 nitrogen and oxygen atoms in total. The molecule has 0 aliphatic rings. The molecule has 0 amide bonds. The SMILES string of the molecule is CCOC(=O)CC(C)(C)CC(N)c1cc(F)c(F)cc1Cl. The summed E-state index contributed by atoms with van der Waals surface area (Å²) in [6.45, 7) is 5.77. The van der Waals surface area contributed by atoms with Crippen LogP contribution < -0.4 is 5.73 Å². The number of hydrogen-bond acceptors (Lipinski definition) is 3. The molecule has 0 bridgehead atoms. The van der Waals surface area contributed by atoms with Crippen LogP contribution in [-0.4, -0.2) is 12.6 Å². The van der Waals surface area contributed by atoms with Crippen LogP contribution in [-0.2, 0) is 9.53 Å². The first-order chi connectivity index (χ1) is 9.66. The molecule has 0 spiro atoms. The summed E-state index contributed by atoms with van der Waals surface area (Å²) in [6, 6.07) is 1.31. The minimum Gasteiger partial charge on any atom is -0.466 e. The average Bonchev–Trinajstić information content (AvgIpc) is 2.32. The van der Waals surface area contributed by atoms with Gasteiger partial charge in [0.1, 0.15) is 0 Å². The minimum absolute atomic E-state index is 0.0772. The van der Waals surface area contributed by atoms with Gasteiger partial charge < -0.3 is 10.5 Å². The molecular formula is C15H20ClF2NO2. The van der Waals surface area contributed by atoms with Gasteiger partial charge in [-0.15, -0.1) is 0 Å². The summed E-state index contributed by atoms with van der Waals surface area (Å²) in [7, 11) is 0. The molecule has 1 aromatic rings. The van der Waals surface area contributed by atoms with Gasteiger partial charge in [-0.2, -0.15) is 0 Å². The Bertz CT molecular complexity index is 521. The molecule has 0 fully saturated rings. The van der Waals surface area contributed by atoms with Gasteiger partial charge in [-0.25, -0.2) is 8.78 Å². The Kier molecular flexibility index (Phi) is 6.10. The van der Waals surface area contributed by atoms with Gasteiger partial charge in [-0.3, -0.25) is 4.79 Å². The lowest BCUT2D eigenvalue weighted by atomic mass is 9.81. The highest BCUT2D eigenvalue weighted by Gasteiger charge is 2.27. The topological polar surface area (TPSA) is 52.3 Å². The van der Waals surface area contributed by atoms with Crippen molar-refractivity contribution in [2.45, 2.75) is 39.7 Å². The van der Waals surface area contributed by atoms with Crippen molar-refractivity contribution in [3.05, 3.63) is 34.4 Å². The first kappa shape index (κ1) is 17.9. The van der Waals surface area contributed by atoms with Gasteiger partial charge in [-0.05, 0) is 36.5 Å². The molecule has 0 heterocycles. The zero-order valence-corrected chi connectivity index (χ0v) is 13.1. The van der Waals surface area contributed by atoms with Crippen LogP contribution in [0.15, 0.2) is 12.1 Å². The van der Waals surface area contributed by atoms with Crippen LogP contribution in [0.4, 0.5) is 8.78 Å². The predicted octanol–water partition coefficient (Wildman–Crippen LogP) is 3.99. The molecule has 1 aromatic carbocycles. The van der Waals surface area contributed by atoms with Crippen LogP contribution in [0.1, 0.15) is 45.2 Å². The van der Waals surface area contributed by atoms with Gasteiger partial charge in [0.25, 0.3) is 0 Å². The molecule has 0 aromatic heterocycles. The molecule has 6 heteroatoms. The number of benzene rings is 1. The zero-order chi connectivity index (χ0) is 16.2. The average molecular weight is 320 g/mol. The Hall–Kier alpha value is -1.20. The number of nitrogens with two attached hydrogens (primary N) is 1. The Labute approximate surface area is 128 Å². The number of carbonyl (C=O) groups is 1. The summed E-state index contributed by atoms with van der Waals surface area (Å²) < 4.78 is 31.3. The maximum atomic E-state index is 13.3. The fourth-order valence-corrected chi connectivity index (χ4v) is 2.49. The van der Waals surface area contributed by atoms with Gasteiger partial charge in [0, 0.05) is 11.1 Å². The molecule has 1 rings (SSSR count). The predicted molar refractivity (Wildman–Crippen MR) is 77.9 cm³/mol. The van der Waals surface area contributed by atoms with E-state index in [0.29, 0.717) is 18.6 Å². The standard InChI is InChI=1S/C15H20ClF2NO2/c1-4-21-14(20)8-15(2,3)7-13(19)9-5-11(17)12(18)6-10(9)16/h5-6,13H,4,7-8,19H2,1-3H3. The summed E-state index contributed by atoms with van der Waals surface area (Å²) in [5.74, 6) is -2.32. The maximum Gasteiger partial charge on any atom is 0.306 e. The van der Waals surface area contributed by atoms with Crippen molar-refractivity contribution in [1.82, 2.24) is 0 Å². The molecular weight excluding hydrogens is 300 g/mol. The second-order valence-corrected chi connectivity index (χ2v) is 6.15. The lowest BCUT2D eigenvalue weighted by molar-refractivity contribution is -0.145. The van der Waals surface area contributed by atoms with E-state index in [0.717, 1.165) is 12.1 Å². The fraction of sp³-hybridized carbons (Fsp3) is 0.533. The summed E-state index contributed by atoms with van der Waals surface area (Å²) in [6.07, 6.45) is 0.576. The first-order valence-corrected chi connectivity index (χ1v) is 7.09. The number of halogens is 3. The number of carbonyl (C=O) groups excluding carboxylic acids is 1. The monoisotopic (exact) mass is 319 g/mol. The third-order valence-corrected chi connectivity index (χ3v) is 3.47. The summed E-state index contributed by atoms with van der Waals surface area (Å²) in [5, 5.41) is 0.0772. The molecule has 0 aliphatic heterocycles. The van der Waals surface area contributed by atoms with E-state index in [1.54, 1.807) is 6.92 Å². The van der Waals surface area contributed by atoms with E-state index < -0.39 is 23.1 Å². The van der Waals surface area contributed by atoms with E-state index in [1.165, 1.54) is 0 Å². The Morgan fingerprint density at radius 2 is 1.95 bits per heavy atom. The van der Waals surface area contributed by atoms with Crippen LogP contribution >= 0.6 is 11.6 Å². The number of esters is 1. The molecule has 0 saturated heterocycles. The Morgan fingerprint density at radius 3 is 2.52 bits per heavy atom. The van der Waals surface area contributed by atoms with Crippen LogP contribution in [0.5, 0.6) is 0 Å². The number of ether oxygens (including phenoxy) is 1. The van der Waals surface area contributed by atoms with Gasteiger partial charge in [-0.1, -0.05) is 25.4 Å². The zero-order valence-electron chi connectivity index (χ0n) is 12.4.